The van der Waals surface area contributed by atoms with Crippen molar-refractivity contribution in [2.24, 2.45) is 5.73 Å². The fourth-order valence-electron chi connectivity index (χ4n) is 1.57. The van der Waals surface area contributed by atoms with Gasteiger partial charge in [0.1, 0.15) is 0 Å². The van der Waals surface area contributed by atoms with Crippen molar-refractivity contribution in [2.45, 2.75) is 13.8 Å². The van der Waals surface area contributed by atoms with Crippen LogP contribution in [-0.4, -0.2) is 19.2 Å². The zero-order valence-corrected chi connectivity index (χ0v) is 9.66. The second-order valence-corrected chi connectivity index (χ2v) is 3.60. The Hall–Kier alpha value is -1.91. The maximum absolute atomic E-state index is 10.7. The minimum absolute atomic E-state index is 0.399. The molecule has 0 saturated heterocycles. The highest BCUT2D eigenvalue weighted by Gasteiger charge is 2.07. The van der Waals surface area contributed by atoms with Crippen molar-refractivity contribution in [3.8, 4) is 0 Å². The van der Waals surface area contributed by atoms with E-state index in [4.69, 9.17) is 11.5 Å². The van der Waals surface area contributed by atoms with E-state index in [0.717, 1.165) is 23.5 Å². The van der Waals surface area contributed by atoms with Gasteiger partial charge in [-0.25, -0.2) is 4.79 Å². The van der Waals surface area contributed by atoms with Gasteiger partial charge in [0.05, 0.1) is 6.67 Å². The Labute approximate surface area is 95.4 Å². The third-order valence-corrected chi connectivity index (χ3v) is 2.39. The number of nitrogens with zero attached hydrogens (tertiary/aromatic N) is 1. The minimum Gasteiger partial charge on any atom is -0.399 e. The molecule has 1 rings (SSSR count). The Morgan fingerprint density at radius 2 is 2.19 bits per heavy atom. The van der Waals surface area contributed by atoms with Gasteiger partial charge >= 0.3 is 6.03 Å². The SMILES string of the molecule is CCN(CNC(N)=O)c1ccc(N)cc1C. The van der Waals surface area contributed by atoms with Gasteiger partial charge in [-0.05, 0) is 37.6 Å². The third kappa shape index (κ3) is 3.05. The number of primary amides is 1. The van der Waals surface area contributed by atoms with Crippen molar-refractivity contribution in [3.05, 3.63) is 23.8 Å². The Balaban J connectivity index is 2.82. The molecule has 0 radical (unpaired) electrons. The molecule has 0 unspecified atom stereocenters. The monoisotopic (exact) mass is 222 g/mol. The Morgan fingerprint density at radius 3 is 2.69 bits per heavy atom. The van der Waals surface area contributed by atoms with E-state index < -0.39 is 6.03 Å². The van der Waals surface area contributed by atoms with E-state index in [1.54, 1.807) is 0 Å². The van der Waals surface area contributed by atoms with Crippen LogP contribution in [0.2, 0.25) is 0 Å². The third-order valence-electron chi connectivity index (χ3n) is 2.39. The second kappa shape index (κ2) is 5.25. The van der Waals surface area contributed by atoms with Gasteiger partial charge < -0.3 is 21.7 Å². The summed E-state index contributed by atoms with van der Waals surface area (Å²) in [6, 6.07) is 5.17. The Kier molecular flexibility index (Phi) is 3.99. The number of amides is 2. The highest BCUT2D eigenvalue weighted by molar-refractivity contribution is 5.72. The van der Waals surface area contributed by atoms with E-state index in [1.807, 2.05) is 36.9 Å². The molecule has 5 nitrogen and oxygen atoms in total. The molecule has 1 aromatic carbocycles. The van der Waals surface area contributed by atoms with Gasteiger partial charge in [-0.2, -0.15) is 0 Å². The molecule has 16 heavy (non-hydrogen) atoms. The Morgan fingerprint density at radius 1 is 1.50 bits per heavy atom. The summed E-state index contributed by atoms with van der Waals surface area (Å²) in [7, 11) is 0. The number of nitrogen functional groups attached to an aromatic ring is 1. The molecule has 5 heteroatoms. The average molecular weight is 222 g/mol. The number of nitrogens with two attached hydrogens (primary N) is 2. The molecular formula is C11H18N4O. The first-order chi connectivity index (χ1) is 7.54. The van der Waals surface area contributed by atoms with Gasteiger partial charge in [-0.1, -0.05) is 0 Å². The summed E-state index contributed by atoms with van der Waals surface area (Å²) in [5.41, 5.74) is 13.6. The van der Waals surface area contributed by atoms with Crippen molar-refractivity contribution in [1.82, 2.24) is 5.32 Å². The van der Waals surface area contributed by atoms with Crippen LogP contribution in [0.4, 0.5) is 16.2 Å². The number of aryl methyl sites for hydroxylation is 1. The number of hydrogen-bond acceptors (Lipinski definition) is 3. The van der Waals surface area contributed by atoms with E-state index in [9.17, 15) is 4.79 Å². The van der Waals surface area contributed by atoms with E-state index in [2.05, 4.69) is 5.32 Å². The van der Waals surface area contributed by atoms with Crippen LogP contribution in [0.1, 0.15) is 12.5 Å². The molecular weight excluding hydrogens is 204 g/mol. The van der Waals surface area contributed by atoms with Crippen molar-refractivity contribution < 1.29 is 4.79 Å². The van der Waals surface area contributed by atoms with E-state index >= 15 is 0 Å². The molecule has 2 amide bonds. The first-order valence-electron chi connectivity index (χ1n) is 5.19. The highest BCUT2D eigenvalue weighted by atomic mass is 16.2. The van der Waals surface area contributed by atoms with E-state index in [1.165, 1.54) is 0 Å². The lowest BCUT2D eigenvalue weighted by Crippen LogP contribution is -2.40. The molecule has 0 aliphatic carbocycles. The first-order valence-corrected chi connectivity index (χ1v) is 5.19. The molecule has 0 saturated carbocycles. The molecule has 0 aliphatic heterocycles. The number of carbonyl (C=O) groups excluding carboxylic acids is 1. The summed E-state index contributed by atoms with van der Waals surface area (Å²) in [6.07, 6.45) is 0. The van der Waals surface area contributed by atoms with Gasteiger partial charge in [-0.15, -0.1) is 0 Å². The number of nitrogens with one attached hydrogen (secondary N) is 1. The highest BCUT2D eigenvalue weighted by Crippen LogP contribution is 2.21. The van der Waals surface area contributed by atoms with Crippen LogP contribution in [0.25, 0.3) is 0 Å². The van der Waals surface area contributed by atoms with E-state index in [-0.39, 0.29) is 0 Å². The molecule has 0 aliphatic rings. The molecule has 1 aromatic rings. The van der Waals surface area contributed by atoms with Crippen LogP contribution < -0.4 is 21.7 Å². The van der Waals surface area contributed by atoms with Gasteiger partial charge in [0.25, 0.3) is 0 Å². The topological polar surface area (TPSA) is 84.4 Å². The molecule has 0 aromatic heterocycles. The van der Waals surface area contributed by atoms with Crippen LogP contribution in [0, 0.1) is 6.92 Å². The molecule has 5 N–H and O–H groups in total. The number of hydrogen-bond donors (Lipinski definition) is 3. The van der Waals surface area contributed by atoms with Gasteiger partial charge in [-0.3, -0.25) is 0 Å². The zero-order chi connectivity index (χ0) is 12.1. The van der Waals surface area contributed by atoms with Gasteiger partial charge in [0.15, 0.2) is 0 Å². The summed E-state index contributed by atoms with van der Waals surface area (Å²) in [6.45, 7) is 5.18. The zero-order valence-electron chi connectivity index (χ0n) is 9.66. The summed E-state index contributed by atoms with van der Waals surface area (Å²) in [5, 5.41) is 2.57. The van der Waals surface area contributed by atoms with Crippen LogP contribution in [0.3, 0.4) is 0 Å². The minimum atomic E-state index is -0.522. The maximum atomic E-state index is 10.7. The second-order valence-electron chi connectivity index (χ2n) is 3.60. The smallest absolute Gasteiger partial charge is 0.313 e. The number of benzene rings is 1. The quantitative estimate of drug-likeness (QED) is 0.525. The average Bonchev–Trinajstić information content (AvgIpc) is 2.21. The maximum Gasteiger partial charge on any atom is 0.313 e. The lowest BCUT2D eigenvalue weighted by Gasteiger charge is -2.24. The molecule has 0 atom stereocenters. The van der Waals surface area contributed by atoms with Gasteiger partial charge in [0.2, 0.25) is 0 Å². The molecule has 88 valence electrons. The summed E-state index contributed by atoms with van der Waals surface area (Å²) in [5.74, 6) is 0. The Bertz CT molecular complexity index is 378. The predicted molar refractivity (Wildman–Crippen MR) is 66.2 cm³/mol. The van der Waals surface area contributed by atoms with Crippen LogP contribution >= 0.6 is 0 Å². The molecule has 0 heterocycles. The molecule has 0 fully saturated rings. The number of anilines is 2. The van der Waals surface area contributed by atoms with Crippen LogP contribution in [0.5, 0.6) is 0 Å². The summed E-state index contributed by atoms with van der Waals surface area (Å²) >= 11 is 0. The van der Waals surface area contributed by atoms with Crippen molar-refractivity contribution in [3.63, 3.8) is 0 Å². The lowest BCUT2D eigenvalue weighted by molar-refractivity contribution is 0.249. The van der Waals surface area contributed by atoms with Crippen molar-refractivity contribution in [2.75, 3.05) is 23.8 Å². The number of rotatable bonds is 4. The first kappa shape index (κ1) is 12.2. The summed E-state index contributed by atoms with van der Waals surface area (Å²) < 4.78 is 0. The standard InChI is InChI=1S/C11H18N4O/c1-3-15(7-14-11(13)16)10-5-4-9(12)6-8(10)2/h4-6H,3,7,12H2,1-2H3,(H3,13,14,16). The van der Waals surface area contributed by atoms with Crippen molar-refractivity contribution in [1.29, 1.82) is 0 Å². The lowest BCUT2D eigenvalue weighted by atomic mass is 10.1. The summed E-state index contributed by atoms with van der Waals surface area (Å²) in [4.78, 5) is 12.7. The van der Waals surface area contributed by atoms with Crippen molar-refractivity contribution >= 4 is 17.4 Å². The number of urea groups is 1. The molecule has 0 spiro atoms. The van der Waals surface area contributed by atoms with E-state index in [0.29, 0.717) is 6.67 Å². The predicted octanol–water partition coefficient (Wildman–Crippen LogP) is 1.03. The number of carbonyl (C=O) groups is 1. The van der Waals surface area contributed by atoms with Crippen LogP contribution in [0.15, 0.2) is 18.2 Å². The fraction of sp³-hybridized carbons (Fsp3) is 0.364. The van der Waals surface area contributed by atoms with Crippen LogP contribution in [-0.2, 0) is 0 Å². The normalized spacial score (nSPS) is 9.88. The molecule has 0 bridgehead atoms. The van der Waals surface area contributed by atoms with Gasteiger partial charge in [0, 0.05) is 17.9 Å². The largest absolute Gasteiger partial charge is 0.399 e. The fourth-order valence-corrected chi connectivity index (χ4v) is 1.57.